The molecule has 2 nitrogen and oxygen atoms in total. The van der Waals surface area contributed by atoms with Crippen LogP contribution in [0.3, 0.4) is 0 Å². The third-order valence-corrected chi connectivity index (χ3v) is 5.85. The van der Waals surface area contributed by atoms with E-state index in [2.05, 4.69) is 44.0 Å². The Balaban J connectivity index is 1.98. The van der Waals surface area contributed by atoms with Crippen molar-refractivity contribution in [1.82, 2.24) is 0 Å². The summed E-state index contributed by atoms with van der Waals surface area (Å²) in [6, 6.07) is 15.6. The van der Waals surface area contributed by atoms with Crippen molar-refractivity contribution in [2.45, 2.75) is 12.3 Å². The lowest BCUT2D eigenvalue weighted by Crippen LogP contribution is -2.15. The van der Waals surface area contributed by atoms with Crippen molar-refractivity contribution in [1.29, 1.82) is 0 Å². The molecule has 1 heterocycles. The molecule has 0 bridgehead atoms. The van der Waals surface area contributed by atoms with E-state index in [1.807, 2.05) is 36.4 Å². The number of rotatable bonds is 3. The fourth-order valence-corrected chi connectivity index (χ4v) is 4.65. The fourth-order valence-electron chi connectivity index (χ4n) is 3.44. The van der Waals surface area contributed by atoms with E-state index in [-0.39, 0.29) is 11.3 Å². The molecule has 1 aromatic heterocycles. The van der Waals surface area contributed by atoms with Gasteiger partial charge in [0.25, 0.3) is 0 Å². The van der Waals surface area contributed by atoms with Crippen LogP contribution >= 0.6 is 31.9 Å². The van der Waals surface area contributed by atoms with Crippen LogP contribution < -0.4 is 5.43 Å². The summed E-state index contributed by atoms with van der Waals surface area (Å²) in [7, 11) is 0. The zero-order chi connectivity index (χ0) is 16.7. The van der Waals surface area contributed by atoms with Crippen LogP contribution in [0.25, 0.3) is 15.5 Å². The second kappa shape index (κ2) is 6.34. The molecule has 0 fully saturated rings. The topological polar surface area (TPSA) is 30.2 Å². The van der Waals surface area contributed by atoms with Gasteiger partial charge in [0.1, 0.15) is 5.58 Å². The molecule has 4 rings (SSSR count). The van der Waals surface area contributed by atoms with Gasteiger partial charge >= 0.3 is 0 Å². The van der Waals surface area contributed by atoms with Gasteiger partial charge in [-0.05, 0) is 35.3 Å². The summed E-state index contributed by atoms with van der Waals surface area (Å²) in [5.74, 6) is -0.0611. The van der Waals surface area contributed by atoms with Crippen molar-refractivity contribution < 1.29 is 4.42 Å². The summed E-state index contributed by atoms with van der Waals surface area (Å²) < 4.78 is 6.86. The van der Waals surface area contributed by atoms with Gasteiger partial charge < -0.3 is 4.42 Å². The highest BCUT2D eigenvalue weighted by molar-refractivity contribution is 9.15. The van der Waals surface area contributed by atoms with Crippen LogP contribution in [0.15, 0.2) is 69.6 Å². The molecule has 0 spiro atoms. The summed E-state index contributed by atoms with van der Waals surface area (Å²) in [5.41, 5.74) is 4.91. The van der Waals surface area contributed by atoms with Crippen molar-refractivity contribution in [2.75, 3.05) is 5.33 Å². The van der Waals surface area contributed by atoms with E-state index in [4.69, 9.17) is 4.42 Å². The van der Waals surface area contributed by atoms with Gasteiger partial charge in [0.15, 0.2) is 5.43 Å². The van der Waals surface area contributed by atoms with Crippen LogP contribution in [-0.4, -0.2) is 5.33 Å². The predicted octanol–water partition coefficient (Wildman–Crippen LogP) is 5.83. The first-order chi connectivity index (χ1) is 11.7. The highest BCUT2D eigenvalue weighted by atomic mass is 79.9. The number of hydrogen-bond donors (Lipinski definition) is 0. The minimum absolute atomic E-state index is 0.0472. The lowest BCUT2D eigenvalue weighted by atomic mass is 9.88. The maximum Gasteiger partial charge on any atom is 0.196 e. The molecular weight excluding hydrogens is 432 g/mol. The van der Waals surface area contributed by atoms with Gasteiger partial charge in [-0.25, -0.2) is 0 Å². The van der Waals surface area contributed by atoms with Crippen LogP contribution in [0.1, 0.15) is 29.0 Å². The fraction of sp³-hybridized carbons (Fsp3) is 0.150. The monoisotopic (exact) mass is 444 g/mol. The molecule has 3 aromatic rings. The summed E-state index contributed by atoms with van der Waals surface area (Å²) in [6.07, 6.45) is 2.50. The van der Waals surface area contributed by atoms with Gasteiger partial charge in [-0.1, -0.05) is 68.3 Å². The van der Waals surface area contributed by atoms with Crippen molar-refractivity contribution >= 4 is 47.3 Å². The molecule has 0 aliphatic heterocycles. The van der Waals surface area contributed by atoms with Gasteiger partial charge in [0, 0.05) is 21.3 Å². The van der Waals surface area contributed by atoms with Gasteiger partial charge in [-0.3, -0.25) is 4.79 Å². The molecule has 4 heteroatoms. The number of alkyl halides is 1. The second-order valence-corrected chi connectivity index (χ2v) is 7.40. The predicted molar refractivity (Wildman–Crippen MR) is 105 cm³/mol. The maximum atomic E-state index is 13.1. The molecule has 0 amide bonds. The number of para-hydroxylation sites is 1. The highest BCUT2D eigenvalue weighted by Crippen LogP contribution is 2.48. The van der Waals surface area contributed by atoms with Crippen LogP contribution in [0.5, 0.6) is 0 Å². The molecule has 24 heavy (non-hydrogen) atoms. The Bertz CT molecular complexity index is 1020. The molecule has 0 saturated carbocycles. The standard InChI is InChI=1S/C20H14Br2O2/c21-10-9-15-18(12-5-1-2-6-13(12)19(15)22)16-11-24-17-8-4-3-7-14(17)20(16)23/h1-8,11,18H,9-10H2. The van der Waals surface area contributed by atoms with E-state index in [0.29, 0.717) is 16.5 Å². The quantitative estimate of drug-likeness (QED) is 0.474. The Morgan fingerprint density at radius 2 is 1.75 bits per heavy atom. The van der Waals surface area contributed by atoms with Gasteiger partial charge in [0.05, 0.1) is 11.6 Å². The van der Waals surface area contributed by atoms with Gasteiger partial charge in [-0.15, -0.1) is 0 Å². The lowest BCUT2D eigenvalue weighted by molar-refractivity contribution is 0.590. The highest BCUT2D eigenvalue weighted by Gasteiger charge is 2.32. The molecule has 0 saturated heterocycles. The molecular formula is C20H14Br2O2. The molecule has 2 aromatic carbocycles. The van der Waals surface area contributed by atoms with E-state index in [0.717, 1.165) is 27.4 Å². The zero-order valence-electron chi connectivity index (χ0n) is 12.8. The first kappa shape index (κ1) is 15.9. The van der Waals surface area contributed by atoms with E-state index >= 15 is 0 Å². The van der Waals surface area contributed by atoms with Crippen molar-refractivity contribution in [3.63, 3.8) is 0 Å². The van der Waals surface area contributed by atoms with Crippen molar-refractivity contribution in [3.05, 3.63) is 87.3 Å². The molecule has 1 unspecified atom stereocenters. The van der Waals surface area contributed by atoms with E-state index < -0.39 is 0 Å². The Hall–Kier alpha value is -1.65. The van der Waals surface area contributed by atoms with Crippen molar-refractivity contribution in [3.8, 4) is 0 Å². The van der Waals surface area contributed by atoms with E-state index in [1.54, 1.807) is 6.26 Å². The number of hydrogen-bond acceptors (Lipinski definition) is 2. The molecule has 1 atom stereocenters. The Morgan fingerprint density at radius 1 is 1.00 bits per heavy atom. The average molecular weight is 446 g/mol. The summed E-state index contributed by atoms with van der Waals surface area (Å²) in [6.45, 7) is 0. The van der Waals surface area contributed by atoms with E-state index in [1.165, 1.54) is 5.57 Å². The Morgan fingerprint density at radius 3 is 2.58 bits per heavy atom. The van der Waals surface area contributed by atoms with Crippen LogP contribution in [0, 0.1) is 0 Å². The largest absolute Gasteiger partial charge is 0.464 e. The van der Waals surface area contributed by atoms with Crippen molar-refractivity contribution in [2.24, 2.45) is 0 Å². The normalized spacial score (nSPS) is 16.7. The molecule has 0 N–H and O–H groups in total. The first-order valence-corrected chi connectivity index (χ1v) is 9.68. The van der Waals surface area contributed by atoms with Gasteiger partial charge in [0.2, 0.25) is 0 Å². The lowest BCUT2D eigenvalue weighted by Gasteiger charge is -2.16. The second-order valence-electron chi connectivity index (χ2n) is 5.81. The Labute approximate surface area is 156 Å². The average Bonchev–Trinajstić information content (AvgIpc) is 2.89. The number of halogens is 2. The van der Waals surface area contributed by atoms with Crippen LogP contribution in [0.2, 0.25) is 0 Å². The molecule has 0 radical (unpaired) electrons. The van der Waals surface area contributed by atoms with Crippen LogP contribution in [0.4, 0.5) is 0 Å². The molecule has 1 aliphatic rings. The number of allylic oxidation sites excluding steroid dienone is 1. The first-order valence-electron chi connectivity index (χ1n) is 7.76. The minimum atomic E-state index is -0.0611. The van der Waals surface area contributed by atoms with Gasteiger partial charge in [-0.2, -0.15) is 0 Å². The third-order valence-electron chi connectivity index (χ3n) is 4.52. The molecule has 1 aliphatic carbocycles. The maximum absolute atomic E-state index is 13.1. The SMILES string of the molecule is O=c1c(C2C(CCBr)=C(Br)c3ccccc32)coc2ccccc12. The number of benzene rings is 2. The van der Waals surface area contributed by atoms with E-state index in [9.17, 15) is 4.79 Å². The minimum Gasteiger partial charge on any atom is -0.464 e. The summed E-state index contributed by atoms with van der Waals surface area (Å²) in [5, 5.41) is 1.48. The number of fused-ring (bicyclic) bond motifs is 2. The van der Waals surface area contributed by atoms with Crippen LogP contribution in [-0.2, 0) is 0 Å². The smallest absolute Gasteiger partial charge is 0.196 e. The summed E-state index contributed by atoms with van der Waals surface area (Å²) >= 11 is 7.28. The third kappa shape index (κ3) is 2.40. The zero-order valence-corrected chi connectivity index (χ0v) is 15.9. The Kier molecular flexibility index (Phi) is 4.19. The summed E-state index contributed by atoms with van der Waals surface area (Å²) in [4.78, 5) is 13.1. The molecule has 120 valence electrons.